The van der Waals surface area contributed by atoms with Crippen molar-refractivity contribution in [2.24, 2.45) is 0 Å². The molecule has 0 heterocycles. The Kier molecular flexibility index (Phi) is 3.85. The molecule has 0 bridgehead atoms. The number of ether oxygens (including phenoxy) is 1. The van der Waals surface area contributed by atoms with Crippen LogP contribution >= 0.6 is 0 Å². The van der Waals surface area contributed by atoms with E-state index in [1.807, 2.05) is 49.4 Å². The fourth-order valence-electron chi connectivity index (χ4n) is 2.05. The third-order valence-corrected chi connectivity index (χ3v) is 3.09. The zero-order valence-corrected chi connectivity index (χ0v) is 11.1. The highest BCUT2D eigenvalue weighted by atomic mass is 16.5. The molecular formula is C16H17NO2. The molecule has 0 fully saturated rings. The summed E-state index contributed by atoms with van der Waals surface area (Å²) in [5, 5.41) is 0. The molecule has 2 aromatic rings. The number of methoxy groups -OCH3 is 1. The number of esters is 1. The molecule has 0 atom stereocenters. The van der Waals surface area contributed by atoms with E-state index < -0.39 is 0 Å². The topological polar surface area (TPSA) is 52.3 Å². The van der Waals surface area contributed by atoms with E-state index >= 15 is 0 Å². The van der Waals surface area contributed by atoms with Crippen LogP contribution in [-0.4, -0.2) is 13.1 Å². The van der Waals surface area contributed by atoms with Crippen molar-refractivity contribution in [3.63, 3.8) is 0 Å². The van der Waals surface area contributed by atoms with Gasteiger partial charge in [-0.15, -0.1) is 0 Å². The van der Waals surface area contributed by atoms with Gasteiger partial charge in [0.25, 0.3) is 0 Å². The Balaban J connectivity index is 2.25. The summed E-state index contributed by atoms with van der Waals surface area (Å²) in [5.41, 5.74) is 10.9. The molecule has 0 saturated carbocycles. The summed E-state index contributed by atoms with van der Waals surface area (Å²) in [6, 6.07) is 13.8. The highest BCUT2D eigenvalue weighted by Gasteiger charge is 2.05. The number of rotatable bonds is 3. The smallest absolute Gasteiger partial charge is 0.309 e. The predicted octanol–water partition coefficient (Wildman–Crippen LogP) is 2.96. The van der Waals surface area contributed by atoms with E-state index in [1.54, 1.807) is 0 Å². The van der Waals surface area contributed by atoms with E-state index in [2.05, 4.69) is 4.74 Å². The third kappa shape index (κ3) is 3.13. The summed E-state index contributed by atoms with van der Waals surface area (Å²) in [5.74, 6) is -0.226. The number of nitrogen functional groups attached to an aromatic ring is 1. The van der Waals surface area contributed by atoms with Crippen molar-refractivity contribution in [2.45, 2.75) is 13.3 Å². The molecule has 0 aliphatic heterocycles. The van der Waals surface area contributed by atoms with E-state index in [4.69, 9.17) is 5.73 Å². The minimum atomic E-state index is -0.226. The first-order valence-corrected chi connectivity index (χ1v) is 6.12. The Morgan fingerprint density at radius 2 is 1.84 bits per heavy atom. The molecular weight excluding hydrogens is 238 g/mol. The van der Waals surface area contributed by atoms with Crippen molar-refractivity contribution < 1.29 is 9.53 Å². The lowest BCUT2D eigenvalue weighted by atomic mass is 9.98. The molecule has 3 heteroatoms. The molecule has 0 aliphatic rings. The average molecular weight is 255 g/mol. The molecule has 0 radical (unpaired) electrons. The molecule has 2 N–H and O–H groups in total. The number of carbonyl (C=O) groups excluding carboxylic acids is 1. The lowest BCUT2D eigenvalue weighted by Gasteiger charge is -2.08. The van der Waals surface area contributed by atoms with Crippen LogP contribution in [0.15, 0.2) is 42.5 Å². The van der Waals surface area contributed by atoms with Gasteiger partial charge in [0.15, 0.2) is 0 Å². The first-order valence-electron chi connectivity index (χ1n) is 6.12. The van der Waals surface area contributed by atoms with Gasteiger partial charge < -0.3 is 10.5 Å². The Hall–Kier alpha value is -2.29. The minimum Gasteiger partial charge on any atom is -0.469 e. The average Bonchev–Trinajstić information content (AvgIpc) is 2.40. The van der Waals surface area contributed by atoms with Crippen molar-refractivity contribution >= 4 is 11.7 Å². The first-order chi connectivity index (χ1) is 9.10. The number of benzene rings is 2. The fourth-order valence-corrected chi connectivity index (χ4v) is 2.05. The maximum atomic E-state index is 11.2. The zero-order chi connectivity index (χ0) is 13.8. The van der Waals surface area contributed by atoms with E-state index in [9.17, 15) is 4.79 Å². The SMILES string of the molecule is COC(=O)Cc1ccc(-c2ccc(N)cc2C)cc1. The van der Waals surface area contributed by atoms with Crippen LogP contribution in [0, 0.1) is 6.92 Å². The molecule has 0 aromatic heterocycles. The lowest BCUT2D eigenvalue weighted by Crippen LogP contribution is -2.04. The van der Waals surface area contributed by atoms with Gasteiger partial charge in [-0.25, -0.2) is 0 Å². The van der Waals surface area contributed by atoms with Crippen molar-refractivity contribution in [3.05, 3.63) is 53.6 Å². The van der Waals surface area contributed by atoms with Crippen molar-refractivity contribution in [3.8, 4) is 11.1 Å². The zero-order valence-electron chi connectivity index (χ0n) is 11.1. The number of nitrogens with two attached hydrogens (primary N) is 1. The molecule has 0 saturated heterocycles. The summed E-state index contributed by atoms with van der Waals surface area (Å²) in [7, 11) is 1.40. The summed E-state index contributed by atoms with van der Waals surface area (Å²) < 4.78 is 4.65. The number of hydrogen-bond donors (Lipinski definition) is 1. The minimum absolute atomic E-state index is 0.226. The van der Waals surface area contributed by atoms with Crippen LogP contribution in [-0.2, 0) is 16.0 Å². The molecule has 2 aromatic carbocycles. The number of aryl methyl sites for hydroxylation is 1. The Morgan fingerprint density at radius 1 is 1.16 bits per heavy atom. The van der Waals surface area contributed by atoms with Crippen LogP contribution in [0.25, 0.3) is 11.1 Å². The van der Waals surface area contributed by atoms with Gasteiger partial charge in [0, 0.05) is 5.69 Å². The van der Waals surface area contributed by atoms with Gasteiger partial charge in [-0.2, -0.15) is 0 Å². The Morgan fingerprint density at radius 3 is 2.42 bits per heavy atom. The second-order valence-corrected chi connectivity index (χ2v) is 4.52. The molecule has 2 rings (SSSR count). The van der Waals surface area contributed by atoms with Crippen LogP contribution in [0.4, 0.5) is 5.69 Å². The standard InChI is InChI=1S/C16H17NO2/c1-11-9-14(17)7-8-15(11)13-5-3-12(4-6-13)10-16(18)19-2/h3-9H,10,17H2,1-2H3. The number of carbonyl (C=O) groups is 1. The van der Waals surface area contributed by atoms with Gasteiger partial charge in [-0.3, -0.25) is 4.79 Å². The quantitative estimate of drug-likeness (QED) is 0.677. The molecule has 0 aliphatic carbocycles. The number of hydrogen-bond acceptors (Lipinski definition) is 3. The van der Waals surface area contributed by atoms with Crippen LogP contribution in [0.3, 0.4) is 0 Å². The monoisotopic (exact) mass is 255 g/mol. The van der Waals surface area contributed by atoms with E-state index in [0.717, 1.165) is 27.9 Å². The lowest BCUT2D eigenvalue weighted by molar-refractivity contribution is -0.139. The Labute approximate surface area is 113 Å². The van der Waals surface area contributed by atoms with Gasteiger partial charge in [0.05, 0.1) is 13.5 Å². The van der Waals surface area contributed by atoms with Crippen molar-refractivity contribution in [1.82, 2.24) is 0 Å². The highest BCUT2D eigenvalue weighted by Crippen LogP contribution is 2.25. The summed E-state index contributed by atoms with van der Waals surface area (Å²) in [6.45, 7) is 2.04. The second-order valence-electron chi connectivity index (χ2n) is 4.52. The fraction of sp³-hybridized carbons (Fsp3) is 0.188. The maximum Gasteiger partial charge on any atom is 0.309 e. The molecule has 0 unspecified atom stereocenters. The van der Waals surface area contributed by atoms with Gasteiger partial charge in [-0.1, -0.05) is 30.3 Å². The Bertz CT molecular complexity index is 588. The van der Waals surface area contributed by atoms with Gasteiger partial charge in [0.2, 0.25) is 0 Å². The molecule has 0 amide bonds. The normalized spacial score (nSPS) is 10.2. The van der Waals surface area contributed by atoms with E-state index in [-0.39, 0.29) is 5.97 Å². The first kappa shape index (κ1) is 13.1. The van der Waals surface area contributed by atoms with Gasteiger partial charge in [0.1, 0.15) is 0 Å². The molecule has 3 nitrogen and oxygen atoms in total. The largest absolute Gasteiger partial charge is 0.469 e. The van der Waals surface area contributed by atoms with Gasteiger partial charge in [-0.05, 0) is 41.3 Å². The summed E-state index contributed by atoms with van der Waals surface area (Å²) >= 11 is 0. The molecule has 19 heavy (non-hydrogen) atoms. The van der Waals surface area contributed by atoms with Gasteiger partial charge >= 0.3 is 5.97 Å². The second kappa shape index (κ2) is 5.57. The van der Waals surface area contributed by atoms with Crippen LogP contribution in [0.1, 0.15) is 11.1 Å². The maximum absolute atomic E-state index is 11.2. The highest BCUT2D eigenvalue weighted by molar-refractivity contribution is 5.74. The summed E-state index contributed by atoms with van der Waals surface area (Å²) in [6.07, 6.45) is 0.303. The molecule has 98 valence electrons. The predicted molar refractivity (Wildman–Crippen MR) is 76.7 cm³/mol. The third-order valence-electron chi connectivity index (χ3n) is 3.09. The van der Waals surface area contributed by atoms with Crippen LogP contribution in [0.5, 0.6) is 0 Å². The van der Waals surface area contributed by atoms with E-state index in [0.29, 0.717) is 6.42 Å². The summed E-state index contributed by atoms with van der Waals surface area (Å²) in [4.78, 5) is 11.2. The number of anilines is 1. The molecule has 0 spiro atoms. The van der Waals surface area contributed by atoms with Crippen molar-refractivity contribution in [2.75, 3.05) is 12.8 Å². The van der Waals surface area contributed by atoms with Crippen LogP contribution < -0.4 is 5.73 Å². The van der Waals surface area contributed by atoms with Crippen LogP contribution in [0.2, 0.25) is 0 Å². The van der Waals surface area contributed by atoms with E-state index in [1.165, 1.54) is 7.11 Å². The van der Waals surface area contributed by atoms with Crippen molar-refractivity contribution in [1.29, 1.82) is 0 Å².